The van der Waals surface area contributed by atoms with Crippen molar-refractivity contribution in [3.05, 3.63) is 28.8 Å². The molecule has 0 fully saturated rings. The van der Waals surface area contributed by atoms with Crippen LogP contribution in [0.3, 0.4) is 0 Å². The molecule has 1 aromatic rings. The van der Waals surface area contributed by atoms with Gasteiger partial charge in [-0.1, -0.05) is 0 Å². The van der Waals surface area contributed by atoms with E-state index in [2.05, 4.69) is 0 Å². The quantitative estimate of drug-likeness (QED) is 0.649. The lowest BCUT2D eigenvalue weighted by molar-refractivity contribution is 0.0619. The molecule has 2 heteroatoms. The van der Waals surface area contributed by atoms with Crippen molar-refractivity contribution in [2.24, 2.45) is 0 Å². The first-order valence-corrected chi connectivity index (χ1v) is 5.22. The van der Waals surface area contributed by atoms with E-state index in [9.17, 15) is 4.79 Å². The number of ether oxygens (including phenoxy) is 1. The summed E-state index contributed by atoms with van der Waals surface area (Å²) in [6.45, 7) is 7.94. The van der Waals surface area contributed by atoms with Crippen LogP contribution < -0.4 is 4.74 Å². The van der Waals surface area contributed by atoms with Crippen molar-refractivity contribution in [2.45, 2.75) is 39.7 Å². The predicted octanol–water partition coefficient (Wildman–Crippen LogP) is 3.05. The van der Waals surface area contributed by atoms with Gasteiger partial charge in [-0.25, -0.2) is 0 Å². The largest absolute Gasteiger partial charge is 0.487 e. The zero-order valence-electron chi connectivity index (χ0n) is 9.68. The van der Waals surface area contributed by atoms with Crippen LogP contribution in [-0.4, -0.2) is 11.4 Å². The molecule has 0 atom stereocenters. The molecular formula is C13H16O2. The van der Waals surface area contributed by atoms with Gasteiger partial charge >= 0.3 is 0 Å². The third-order valence-electron chi connectivity index (χ3n) is 2.87. The Labute approximate surface area is 90.3 Å². The van der Waals surface area contributed by atoms with Crippen molar-refractivity contribution >= 4 is 5.78 Å². The summed E-state index contributed by atoms with van der Waals surface area (Å²) >= 11 is 0. The van der Waals surface area contributed by atoms with Crippen LogP contribution in [0.1, 0.15) is 41.8 Å². The van der Waals surface area contributed by atoms with Gasteiger partial charge in [-0.3, -0.25) is 4.79 Å². The lowest BCUT2D eigenvalue weighted by atomic mass is 9.91. The van der Waals surface area contributed by atoms with Crippen LogP contribution in [0.15, 0.2) is 12.1 Å². The Balaban J connectivity index is 2.56. The number of Topliss-reactive ketones (excluding diaryl/α,β-unsaturated/α-hetero) is 1. The average molecular weight is 204 g/mol. The van der Waals surface area contributed by atoms with Gasteiger partial charge in [0.2, 0.25) is 0 Å². The van der Waals surface area contributed by atoms with Crippen LogP contribution in [0.2, 0.25) is 0 Å². The first-order valence-electron chi connectivity index (χ1n) is 5.22. The molecule has 1 aliphatic heterocycles. The number of hydrogen-bond acceptors (Lipinski definition) is 2. The van der Waals surface area contributed by atoms with Gasteiger partial charge < -0.3 is 4.74 Å². The van der Waals surface area contributed by atoms with E-state index >= 15 is 0 Å². The summed E-state index contributed by atoms with van der Waals surface area (Å²) < 4.78 is 5.80. The second-order valence-electron chi connectivity index (χ2n) is 4.89. The number of benzene rings is 1. The van der Waals surface area contributed by atoms with E-state index in [1.54, 1.807) is 0 Å². The second-order valence-corrected chi connectivity index (χ2v) is 4.89. The van der Waals surface area contributed by atoms with Gasteiger partial charge in [0.15, 0.2) is 5.78 Å². The molecule has 1 heterocycles. The maximum Gasteiger partial charge on any atom is 0.170 e. The fourth-order valence-corrected chi connectivity index (χ4v) is 1.91. The summed E-state index contributed by atoms with van der Waals surface area (Å²) in [5, 5.41) is 0. The zero-order chi connectivity index (χ0) is 11.2. The van der Waals surface area contributed by atoms with Crippen LogP contribution in [0, 0.1) is 13.8 Å². The van der Waals surface area contributed by atoms with Crippen LogP contribution >= 0.6 is 0 Å². The summed E-state index contributed by atoms with van der Waals surface area (Å²) in [6, 6.07) is 3.89. The summed E-state index contributed by atoms with van der Waals surface area (Å²) in [6.07, 6.45) is 0.461. The van der Waals surface area contributed by atoms with E-state index in [1.165, 1.54) is 5.56 Å². The minimum absolute atomic E-state index is 0.185. The summed E-state index contributed by atoms with van der Waals surface area (Å²) in [4.78, 5) is 11.9. The Morgan fingerprint density at radius 3 is 2.47 bits per heavy atom. The lowest BCUT2D eigenvalue weighted by Gasteiger charge is -2.32. The number of aryl methyl sites for hydroxylation is 2. The minimum atomic E-state index is -0.369. The Kier molecular flexibility index (Phi) is 2.10. The van der Waals surface area contributed by atoms with Gasteiger partial charge in [-0.05, 0) is 51.0 Å². The molecule has 0 saturated heterocycles. The molecule has 0 radical (unpaired) electrons. The van der Waals surface area contributed by atoms with Gasteiger partial charge in [0, 0.05) is 0 Å². The summed E-state index contributed by atoms with van der Waals surface area (Å²) in [5.41, 5.74) is 2.67. The maximum atomic E-state index is 11.9. The standard InChI is InChI=1S/C13H16O2/c1-8-5-10-11(14)7-13(3,4)15-12(10)6-9(8)2/h5-6H,7H2,1-4H3. The van der Waals surface area contributed by atoms with Gasteiger partial charge in [0.1, 0.15) is 11.4 Å². The van der Waals surface area contributed by atoms with E-state index in [-0.39, 0.29) is 11.4 Å². The lowest BCUT2D eigenvalue weighted by Crippen LogP contribution is -2.35. The minimum Gasteiger partial charge on any atom is -0.487 e. The fraction of sp³-hybridized carbons (Fsp3) is 0.462. The first-order chi connectivity index (χ1) is 6.89. The molecule has 0 unspecified atom stereocenters. The van der Waals surface area contributed by atoms with E-state index in [0.717, 1.165) is 16.9 Å². The molecule has 0 amide bonds. The third kappa shape index (κ3) is 1.76. The monoisotopic (exact) mass is 204 g/mol. The van der Waals surface area contributed by atoms with Crippen molar-refractivity contribution in [3.63, 3.8) is 0 Å². The molecule has 2 rings (SSSR count). The Morgan fingerprint density at radius 2 is 1.80 bits per heavy atom. The molecule has 2 nitrogen and oxygen atoms in total. The topological polar surface area (TPSA) is 26.3 Å². The molecule has 0 aliphatic carbocycles. The molecular weight excluding hydrogens is 188 g/mol. The molecule has 0 aromatic heterocycles. The van der Waals surface area contributed by atoms with Crippen molar-refractivity contribution in [2.75, 3.05) is 0 Å². The van der Waals surface area contributed by atoms with Crippen molar-refractivity contribution < 1.29 is 9.53 Å². The Bertz CT molecular complexity index is 430. The zero-order valence-corrected chi connectivity index (χ0v) is 9.68. The molecule has 0 bridgehead atoms. The van der Waals surface area contributed by atoms with Crippen LogP contribution in [0.25, 0.3) is 0 Å². The number of carbonyl (C=O) groups excluding carboxylic acids is 1. The van der Waals surface area contributed by atoms with E-state index < -0.39 is 0 Å². The highest BCUT2D eigenvalue weighted by atomic mass is 16.5. The summed E-state index contributed by atoms with van der Waals surface area (Å²) in [5.74, 6) is 0.920. The number of carbonyl (C=O) groups is 1. The summed E-state index contributed by atoms with van der Waals surface area (Å²) in [7, 11) is 0. The molecule has 1 aromatic carbocycles. The number of hydrogen-bond donors (Lipinski definition) is 0. The average Bonchev–Trinajstić information content (AvgIpc) is 2.07. The van der Waals surface area contributed by atoms with Crippen LogP contribution in [0.4, 0.5) is 0 Å². The van der Waals surface area contributed by atoms with Gasteiger partial charge in [-0.15, -0.1) is 0 Å². The van der Waals surface area contributed by atoms with Crippen molar-refractivity contribution in [1.29, 1.82) is 0 Å². The van der Waals surface area contributed by atoms with Crippen molar-refractivity contribution in [3.8, 4) is 5.75 Å². The van der Waals surface area contributed by atoms with Gasteiger partial charge in [0.25, 0.3) is 0 Å². The Morgan fingerprint density at radius 1 is 1.20 bits per heavy atom. The van der Waals surface area contributed by atoms with E-state index in [4.69, 9.17) is 4.74 Å². The number of fused-ring (bicyclic) bond motifs is 1. The maximum absolute atomic E-state index is 11.9. The Hall–Kier alpha value is -1.31. The van der Waals surface area contributed by atoms with Crippen molar-refractivity contribution in [1.82, 2.24) is 0 Å². The van der Waals surface area contributed by atoms with Crippen LogP contribution in [0.5, 0.6) is 5.75 Å². The normalized spacial score (nSPS) is 18.3. The first kappa shape index (κ1) is 10.2. The third-order valence-corrected chi connectivity index (χ3v) is 2.87. The molecule has 0 N–H and O–H groups in total. The molecule has 0 spiro atoms. The molecule has 80 valence electrons. The van der Waals surface area contributed by atoms with E-state index in [0.29, 0.717) is 6.42 Å². The molecule has 0 saturated carbocycles. The van der Waals surface area contributed by atoms with Gasteiger partial charge in [0.05, 0.1) is 12.0 Å². The smallest absolute Gasteiger partial charge is 0.170 e. The SMILES string of the molecule is Cc1cc2c(cc1C)C(=O)CC(C)(C)O2. The molecule has 15 heavy (non-hydrogen) atoms. The highest BCUT2D eigenvalue weighted by molar-refractivity contribution is 6.00. The highest BCUT2D eigenvalue weighted by Gasteiger charge is 2.32. The predicted molar refractivity (Wildman–Crippen MR) is 59.6 cm³/mol. The van der Waals surface area contributed by atoms with E-state index in [1.807, 2.05) is 39.8 Å². The highest BCUT2D eigenvalue weighted by Crippen LogP contribution is 2.34. The van der Waals surface area contributed by atoms with Crippen LogP contribution in [-0.2, 0) is 0 Å². The fourth-order valence-electron chi connectivity index (χ4n) is 1.91. The number of ketones is 1. The number of rotatable bonds is 0. The molecule has 1 aliphatic rings. The second kappa shape index (κ2) is 3.09. The van der Waals surface area contributed by atoms with Gasteiger partial charge in [-0.2, -0.15) is 0 Å².